The third kappa shape index (κ3) is 4.75. The molecule has 0 bridgehead atoms. The number of carbonyl (C=O) groups is 1. The maximum Gasteiger partial charge on any atom is 0.343 e. The van der Waals surface area contributed by atoms with Gasteiger partial charge in [-0.25, -0.2) is 9.89 Å². The first-order chi connectivity index (χ1) is 12.0. The van der Waals surface area contributed by atoms with Gasteiger partial charge in [-0.1, -0.05) is 50.7 Å². The number of H-pyrrole nitrogens is 1. The lowest BCUT2D eigenvalue weighted by Crippen LogP contribution is -2.24. The molecule has 0 radical (unpaired) electrons. The van der Waals surface area contributed by atoms with Crippen LogP contribution in [0.3, 0.4) is 0 Å². The van der Waals surface area contributed by atoms with Crippen molar-refractivity contribution in [3.05, 3.63) is 40.3 Å². The fourth-order valence-corrected chi connectivity index (χ4v) is 3.40. The number of hydrogen-bond donors (Lipinski definition) is 2. The molecule has 1 amide bonds. The molecule has 1 heterocycles. The number of carbonyl (C=O) groups excluding carboxylic acids is 1. The van der Waals surface area contributed by atoms with Gasteiger partial charge in [0, 0.05) is 12.2 Å². The Balaban J connectivity index is 2.10. The lowest BCUT2D eigenvalue weighted by atomic mass is 9.97. The molecule has 2 N–H and O–H groups in total. The molecule has 2 aromatic rings. The average Bonchev–Trinajstić information content (AvgIpc) is 2.95. The number of benzene rings is 1. The van der Waals surface area contributed by atoms with Gasteiger partial charge in [-0.3, -0.25) is 9.36 Å². The second-order valence-corrected chi connectivity index (χ2v) is 7.42. The standard InChI is InChI=1S/C18H26N4O2S/c1-5-11-22-17(24)20-21-18(22)25-13(4)16(23)19-15-10-8-7-9-14(15)12(3)6-2/h7-10,12-13H,5-6,11H2,1-4H3,(H,19,23)(H,20,24)/t12-,13+/m1/s1. The number of anilines is 1. The Morgan fingerprint density at radius 3 is 2.72 bits per heavy atom. The van der Waals surface area contributed by atoms with Gasteiger partial charge in [0.05, 0.1) is 5.25 Å². The predicted octanol–water partition coefficient (Wildman–Crippen LogP) is 3.61. The highest BCUT2D eigenvalue weighted by Gasteiger charge is 2.20. The Labute approximate surface area is 152 Å². The van der Waals surface area contributed by atoms with Crippen LogP contribution in [0.1, 0.15) is 52.0 Å². The Bertz CT molecular complexity index is 768. The summed E-state index contributed by atoms with van der Waals surface area (Å²) in [5, 5.41) is 9.68. The summed E-state index contributed by atoms with van der Waals surface area (Å²) >= 11 is 1.29. The molecule has 1 aromatic heterocycles. The van der Waals surface area contributed by atoms with Crippen molar-refractivity contribution >= 4 is 23.4 Å². The number of nitrogens with one attached hydrogen (secondary N) is 2. The molecule has 7 heteroatoms. The summed E-state index contributed by atoms with van der Waals surface area (Å²) in [6.45, 7) is 8.68. The van der Waals surface area contributed by atoms with Crippen LogP contribution < -0.4 is 11.0 Å². The zero-order valence-electron chi connectivity index (χ0n) is 15.2. The molecule has 6 nitrogen and oxygen atoms in total. The Hall–Kier alpha value is -2.02. The van der Waals surface area contributed by atoms with Crippen LogP contribution in [-0.2, 0) is 11.3 Å². The Morgan fingerprint density at radius 2 is 2.04 bits per heavy atom. The highest BCUT2D eigenvalue weighted by Crippen LogP contribution is 2.28. The second-order valence-electron chi connectivity index (χ2n) is 6.11. The zero-order valence-corrected chi connectivity index (χ0v) is 16.0. The van der Waals surface area contributed by atoms with E-state index < -0.39 is 0 Å². The van der Waals surface area contributed by atoms with Crippen LogP contribution in [0.25, 0.3) is 0 Å². The lowest BCUT2D eigenvalue weighted by Gasteiger charge is -2.17. The van der Waals surface area contributed by atoms with E-state index in [1.165, 1.54) is 11.8 Å². The summed E-state index contributed by atoms with van der Waals surface area (Å²) in [4.78, 5) is 24.4. The summed E-state index contributed by atoms with van der Waals surface area (Å²) in [5.74, 6) is 0.278. The van der Waals surface area contributed by atoms with E-state index in [4.69, 9.17) is 0 Å². The van der Waals surface area contributed by atoms with Crippen molar-refractivity contribution in [2.45, 2.75) is 63.4 Å². The minimum atomic E-state index is -0.365. The number of nitrogens with zero attached hydrogens (tertiary/aromatic N) is 2. The number of hydrogen-bond acceptors (Lipinski definition) is 4. The molecule has 0 aliphatic heterocycles. The van der Waals surface area contributed by atoms with E-state index in [2.05, 4.69) is 29.4 Å². The van der Waals surface area contributed by atoms with Gasteiger partial charge in [0.1, 0.15) is 0 Å². The van der Waals surface area contributed by atoms with Gasteiger partial charge in [0.25, 0.3) is 0 Å². The summed E-state index contributed by atoms with van der Waals surface area (Å²) in [6, 6.07) is 7.89. The molecule has 2 atom stereocenters. The maximum atomic E-state index is 12.6. The second kappa shape index (κ2) is 8.89. The van der Waals surface area contributed by atoms with Crippen molar-refractivity contribution < 1.29 is 4.79 Å². The summed E-state index contributed by atoms with van der Waals surface area (Å²) in [7, 11) is 0. The van der Waals surface area contributed by atoms with Crippen LogP contribution in [0.15, 0.2) is 34.2 Å². The lowest BCUT2D eigenvalue weighted by molar-refractivity contribution is -0.115. The highest BCUT2D eigenvalue weighted by molar-refractivity contribution is 8.00. The number of thioether (sulfide) groups is 1. The quantitative estimate of drug-likeness (QED) is 0.703. The van der Waals surface area contributed by atoms with Crippen molar-refractivity contribution in [2.75, 3.05) is 5.32 Å². The van der Waals surface area contributed by atoms with E-state index in [0.29, 0.717) is 17.6 Å². The number of amides is 1. The number of aromatic amines is 1. The average molecular weight is 362 g/mol. The van der Waals surface area contributed by atoms with E-state index in [0.717, 1.165) is 24.1 Å². The summed E-state index contributed by atoms with van der Waals surface area (Å²) < 4.78 is 1.57. The molecular weight excluding hydrogens is 336 g/mol. The number of rotatable bonds is 8. The molecule has 136 valence electrons. The fraction of sp³-hybridized carbons (Fsp3) is 0.500. The topological polar surface area (TPSA) is 79.8 Å². The van der Waals surface area contributed by atoms with Gasteiger partial charge in [-0.15, -0.1) is 5.10 Å². The first-order valence-electron chi connectivity index (χ1n) is 8.69. The van der Waals surface area contributed by atoms with Crippen molar-refractivity contribution in [2.24, 2.45) is 0 Å². The van der Waals surface area contributed by atoms with E-state index in [-0.39, 0.29) is 16.8 Å². The van der Waals surface area contributed by atoms with Crippen molar-refractivity contribution in [3.63, 3.8) is 0 Å². The Morgan fingerprint density at radius 1 is 1.32 bits per heavy atom. The highest BCUT2D eigenvalue weighted by atomic mass is 32.2. The van der Waals surface area contributed by atoms with Crippen molar-refractivity contribution in [3.8, 4) is 0 Å². The minimum absolute atomic E-state index is 0.0979. The molecular formula is C18H26N4O2S. The van der Waals surface area contributed by atoms with Crippen molar-refractivity contribution in [1.29, 1.82) is 0 Å². The molecule has 1 aromatic carbocycles. The fourth-order valence-electron chi connectivity index (χ4n) is 2.52. The molecule has 2 rings (SSSR count). The maximum absolute atomic E-state index is 12.6. The molecule has 0 spiro atoms. The van der Waals surface area contributed by atoms with Crippen LogP contribution in [0.2, 0.25) is 0 Å². The third-order valence-corrected chi connectivity index (χ3v) is 5.27. The monoisotopic (exact) mass is 362 g/mol. The first kappa shape index (κ1) is 19.3. The third-order valence-electron chi connectivity index (χ3n) is 4.18. The number of aromatic nitrogens is 3. The zero-order chi connectivity index (χ0) is 18.4. The van der Waals surface area contributed by atoms with E-state index in [1.54, 1.807) is 4.57 Å². The van der Waals surface area contributed by atoms with E-state index >= 15 is 0 Å². The van der Waals surface area contributed by atoms with Gasteiger partial charge < -0.3 is 5.32 Å². The Kier molecular flexibility index (Phi) is 6.87. The molecule has 0 aliphatic carbocycles. The van der Waals surface area contributed by atoms with Gasteiger partial charge in [-0.2, -0.15) is 0 Å². The number of para-hydroxylation sites is 1. The molecule has 0 unspecified atom stereocenters. The van der Waals surface area contributed by atoms with Crippen molar-refractivity contribution in [1.82, 2.24) is 14.8 Å². The first-order valence-corrected chi connectivity index (χ1v) is 9.57. The summed E-state index contributed by atoms with van der Waals surface area (Å²) in [6.07, 6.45) is 1.84. The smallest absolute Gasteiger partial charge is 0.325 e. The normalized spacial score (nSPS) is 13.4. The molecule has 0 aliphatic rings. The molecule has 0 fully saturated rings. The van der Waals surface area contributed by atoms with Crippen LogP contribution in [0.4, 0.5) is 5.69 Å². The van der Waals surface area contributed by atoms with Crippen LogP contribution in [-0.4, -0.2) is 25.9 Å². The van der Waals surface area contributed by atoms with Crippen LogP contribution in [0.5, 0.6) is 0 Å². The molecule has 0 saturated heterocycles. The molecule has 25 heavy (non-hydrogen) atoms. The SMILES string of the molecule is CCCn1c(S[C@@H](C)C(=O)Nc2ccccc2[C@H](C)CC)n[nH]c1=O. The van der Waals surface area contributed by atoms with Gasteiger partial charge in [0.15, 0.2) is 5.16 Å². The van der Waals surface area contributed by atoms with Crippen LogP contribution >= 0.6 is 11.8 Å². The van der Waals surface area contributed by atoms with Gasteiger partial charge in [-0.05, 0) is 37.3 Å². The van der Waals surface area contributed by atoms with E-state index in [9.17, 15) is 9.59 Å². The van der Waals surface area contributed by atoms with Gasteiger partial charge >= 0.3 is 5.69 Å². The predicted molar refractivity (Wildman–Crippen MR) is 102 cm³/mol. The molecule has 0 saturated carbocycles. The minimum Gasteiger partial charge on any atom is -0.325 e. The van der Waals surface area contributed by atoms with Gasteiger partial charge in [0.2, 0.25) is 5.91 Å². The van der Waals surface area contributed by atoms with E-state index in [1.807, 2.05) is 38.1 Å². The largest absolute Gasteiger partial charge is 0.343 e. The van der Waals surface area contributed by atoms with Crippen LogP contribution in [0, 0.1) is 0 Å². The summed E-state index contributed by atoms with van der Waals surface area (Å²) in [5.41, 5.74) is 1.75.